The molecule has 1 aromatic heterocycles. The molecule has 0 unspecified atom stereocenters. The predicted molar refractivity (Wildman–Crippen MR) is 114 cm³/mol. The number of carbonyl (C=O) groups is 1. The number of carbonyl (C=O) groups excluding carboxylic acids is 1. The molecule has 0 saturated carbocycles. The van der Waals surface area contributed by atoms with E-state index in [1.165, 1.54) is 6.07 Å². The van der Waals surface area contributed by atoms with Crippen molar-refractivity contribution < 1.29 is 23.4 Å². The van der Waals surface area contributed by atoms with Gasteiger partial charge in [-0.25, -0.2) is 4.79 Å². The summed E-state index contributed by atoms with van der Waals surface area (Å²) in [5.74, 6) is 1.72. The van der Waals surface area contributed by atoms with Crippen LogP contribution in [-0.2, 0) is 4.79 Å². The number of nitrogens with one attached hydrogen (secondary N) is 1. The van der Waals surface area contributed by atoms with Crippen molar-refractivity contribution in [2.75, 3.05) is 26.4 Å². The standard InChI is InChI=1S/C23H25NO6/c1-4-27-17-5-7-18(8-6-17)28-12-11-24-21(25)14-29-20-10-9-19-15(2)13-22(26)30-23(19)16(20)3/h5-10,13H,4,11-12,14H2,1-3H3,(H,24,25). The van der Waals surface area contributed by atoms with E-state index in [0.717, 1.165) is 16.7 Å². The van der Waals surface area contributed by atoms with Crippen LogP contribution in [0.3, 0.4) is 0 Å². The molecule has 0 aliphatic heterocycles. The number of hydrogen-bond acceptors (Lipinski definition) is 6. The van der Waals surface area contributed by atoms with E-state index >= 15 is 0 Å². The number of benzene rings is 2. The number of hydrogen-bond donors (Lipinski definition) is 1. The number of amides is 1. The van der Waals surface area contributed by atoms with Crippen LogP contribution in [0.15, 0.2) is 51.7 Å². The van der Waals surface area contributed by atoms with Crippen molar-refractivity contribution in [1.29, 1.82) is 0 Å². The third kappa shape index (κ3) is 5.31. The summed E-state index contributed by atoms with van der Waals surface area (Å²) in [6.07, 6.45) is 0. The average Bonchev–Trinajstić information content (AvgIpc) is 2.72. The van der Waals surface area contributed by atoms with E-state index in [4.69, 9.17) is 18.6 Å². The Bertz CT molecular complexity index is 1070. The van der Waals surface area contributed by atoms with Crippen molar-refractivity contribution >= 4 is 16.9 Å². The van der Waals surface area contributed by atoms with Gasteiger partial charge in [-0.05, 0) is 62.7 Å². The molecule has 3 aromatic rings. The van der Waals surface area contributed by atoms with E-state index < -0.39 is 5.63 Å². The lowest BCUT2D eigenvalue weighted by molar-refractivity contribution is -0.123. The molecule has 158 valence electrons. The van der Waals surface area contributed by atoms with Crippen LogP contribution < -0.4 is 25.2 Å². The fourth-order valence-electron chi connectivity index (χ4n) is 3.01. The first-order chi connectivity index (χ1) is 14.5. The smallest absolute Gasteiger partial charge is 0.336 e. The molecule has 7 nitrogen and oxygen atoms in total. The zero-order valence-corrected chi connectivity index (χ0v) is 17.3. The molecule has 0 aliphatic rings. The van der Waals surface area contributed by atoms with Gasteiger partial charge in [0.1, 0.15) is 29.4 Å². The van der Waals surface area contributed by atoms with Gasteiger partial charge in [0.05, 0.1) is 13.2 Å². The molecule has 0 atom stereocenters. The third-order valence-corrected chi connectivity index (χ3v) is 4.50. The molecule has 0 saturated heterocycles. The summed E-state index contributed by atoms with van der Waals surface area (Å²) in [5.41, 5.74) is 1.58. The van der Waals surface area contributed by atoms with Crippen molar-refractivity contribution in [1.82, 2.24) is 5.32 Å². The molecule has 0 fully saturated rings. The van der Waals surface area contributed by atoms with E-state index in [9.17, 15) is 9.59 Å². The Labute approximate surface area is 174 Å². The third-order valence-electron chi connectivity index (χ3n) is 4.50. The molecule has 2 aromatic carbocycles. The molecule has 0 aliphatic carbocycles. The molecule has 1 amide bonds. The van der Waals surface area contributed by atoms with Crippen molar-refractivity contribution in [3.8, 4) is 17.2 Å². The normalized spacial score (nSPS) is 10.6. The second-order valence-electron chi connectivity index (χ2n) is 6.71. The van der Waals surface area contributed by atoms with Crippen LogP contribution in [-0.4, -0.2) is 32.3 Å². The Hall–Kier alpha value is -3.48. The highest BCUT2D eigenvalue weighted by Crippen LogP contribution is 2.28. The van der Waals surface area contributed by atoms with Crippen molar-refractivity contribution in [3.63, 3.8) is 0 Å². The number of aryl methyl sites for hydroxylation is 2. The summed E-state index contributed by atoms with van der Waals surface area (Å²) in [4.78, 5) is 23.7. The highest BCUT2D eigenvalue weighted by Gasteiger charge is 2.11. The van der Waals surface area contributed by atoms with Gasteiger partial charge in [0.25, 0.3) is 5.91 Å². The fourth-order valence-corrected chi connectivity index (χ4v) is 3.01. The molecule has 3 rings (SSSR count). The second-order valence-corrected chi connectivity index (χ2v) is 6.71. The van der Waals surface area contributed by atoms with Gasteiger partial charge in [-0.1, -0.05) is 0 Å². The maximum absolute atomic E-state index is 12.0. The highest BCUT2D eigenvalue weighted by atomic mass is 16.5. The largest absolute Gasteiger partial charge is 0.494 e. The van der Waals surface area contributed by atoms with Gasteiger partial charge < -0.3 is 23.9 Å². The van der Waals surface area contributed by atoms with E-state index in [1.807, 2.05) is 44.2 Å². The maximum atomic E-state index is 12.0. The van der Waals surface area contributed by atoms with Crippen LogP contribution >= 0.6 is 0 Å². The summed E-state index contributed by atoms with van der Waals surface area (Å²) in [7, 11) is 0. The van der Waals surface area contributed by atoms with Crippen molar-refractivity contribution in [2.45, 2.75) is 20.8 Å². The lowest BCUT2D eigenvalue weighted by Crippen LogP contribution is -2.32. The quantitative estimate of drug-likeness (QED) is 0.429. The van der Waals surface area contributed by atoms with Gasteiger partial charge in [-0.2, -0.15) is 0 Å². The minimum Gasteiger partial charge on any atom is -0.494 e. The lowest BCUT2D eigenvalue weighted by atomic mass is 10.1. The topological polar surface area (TPSA) is 87.0 Å². The number of rotatable bonds is 9. The van der Waals surface area contributed by atoms with Gasteiger partial charge >= 0.3 is 5.63 Å². The molecule has 0 spiro atoms. The first-order valence-electron chi connectivity index (χ1n) is 9.77. The van der Waals surface area contributed by atoms with Crippen LogP contribution in [0.4, 0.5) is 0 Å². The first kappa shape index (κ1) is 21.2. The summed E-state index contributed by atoms with van der Waals surface area (Å²) < 4.78 is 21.9. The van der Waals surface area contributed by atoms with Gasteiger partial charge in [0, 0.05) is 17.0 Å². The van der Waals surface area contributed by atoms with Crippen LogP contribution in [0.25, 0.3) is 11.0 Å². The SMILES string of the molecule is CCOc1ccc(OCCNC(=O)COc2ccc3c(C)cc(=O)oc3c2C)cc1. The summed E-state index contributed by atoms with van der Waals surface area (Å²) in [6.45, 7) is 6.72. The molecular weight excluding hydrogens is 386 g/mol. The Morgan fingerprint density at radius 2 is 1.70 bits per heavy atom. The molecule has 1 heterocycles. The number of ether oxygens (including phenoxy) is 3. The zero-order chi connectivity index (χ0) is 21.5. The number of fused-ring (bicyclic) bond motifs is 1. The molecule has 0 radical (unpaired) electrons. The van der Waals surface area contributed by atoms with Crippen LogP contribution in [0, 0.1) is 13.8 Å². The lowest BCUT2D eigenvalue weighted by Gasteiger charge is -2.12. The second kappa shape index (κ2) is 9.82. The summed E-state index contributed by atoms with van der Waals surface area (Å²) in [5, 5.41) is 3.59. The van der Waals surface area contributed by atoms with Crippen LogP contribution in [0.2, 0.25) is 0 Å². The first-order valence-corrected chi connectivity index (χ1v) is 9.77. The zero-order valence-electron chi connectivity index (χ0n) is 17.3. The van der Waals surface area contributed by atoms with Crippen molar-refractivity contribution in [3.05, 3.63) is 64.0 Å². The highest BCUT2D eigenvalue weighted by molar-refractivity contribution is 5.85. The predicted octanol–water partition coefficient (Wildman–Crippen LogP) is 3.38. The maximum Gasteiger partial charge on any atom is 0.336 e. The van der Waals surface area contributed by atoms with E-state index in [0.29, 0.717) is 42.4 Å². The van der Waals surface area contributed by atoms with E-state index in [2.05, 4.69) is 5.32 Å². The molecule has 30 heavy (non-hydrogen) atoms. The molecule has 7 heteroatoms. The Balaban J connectivity index is 1.46. The Kier molecular flexibility index (Phi) is 6.95. The van der Waals surface area contributed by atoms with Crippen LogP contribution in [0.1, 0.15) is 18.1 Å². The Morgan fingerprint density at radius 3 is 2.40 bits per heavy atom. The summed E-state index contributed by atoms with van der Waals surface area (Å²) in [6, 6.07) is 12.3. The fraction of sp³-hybridized carbons (Fsp3) is 0.304. The molecular formula is C23H25NO6. The van der Waals surface area contributed by atoms with Gasteiger partial charge in [-0.15, -0.1) is 0 Å². The van der Waals surface area contributed by atoms with Crippen LogP contribution in [0.5, 0.6) is 17.2 Å². The monoisotopic (exact) mass is 411 g/mol. The minimum absolute atomic E-state index is 0.147. The van der Waals surface area contributed by atoms with Crippen molar-refractivity contribution in [2.24, 2.45) is 0 Å². The van der Waals surface area contributed by atoms with E-state index in [-0.39, 0.29) is 12.5 Å². The summed E-state index contributed by atoms with van der Waals surface area (Å²) >= 11 is 0. The molecule has 0 bridgehead atoms. The molecule has 1 N–H and O–H groups in total. The van der Waals surface area contributed by atoms with Gasteiger partial charge in [0.15, 0.2) is 6.61 Å². The Morgan fingerprint density at radius 1 is 1.00 bits per heavy atom. The van der Waals surface area contributed by atoms with Gasteiger partial charge in [0.2, 0.25) is 0 Å². The average molecular weight is 411 g/mol. The van der Waals surface area contributed by atoms with Gasteiger partial charge in [-0.3, -0.25) is 4.79 Å². The minimum atomic E-state index is -0.412. The van der Waals surface area contributed by atoms with E-state index in [1.54, 1.807) is 13.0 Å².